The van der Waals surface area contributed by atoms with Gasteiger partial charge < -0.3 is 10.2 Å². The van der Waals surface area contributed by atoms with E-state index in [4.69, 9.17) is 5.11 Å². The van der Waals surface area contributed by atoms with Gasteiger partial charge in [-0.1, -0.05) is 23.4 Å². The molecule has 0 saturated carbocycles. The zero-order valence-electron chi connectivity index (χ0n) is 14.4. The van der Waals surface area contributed by atoms with E-state index in [1.807, 2.05) is 43.3 Å². The summed E-state index contributed by atoms with van der Waals surface area (Å²) in [6, 6.07) is 11.4. The maximum atomic E-state index is 10.3. The minimum atomic E-state index is 0.152. The van der Waals surface area contributed by atoms with Crippen LogP contribution < -0.4 is 0 Å². The van der Waals surface area contributed by atoms with Crippen LogP contribution in [0.25, 0.3) is 16.7 Å². The van der Waals surface area contributed by atoms with Gasteiger partial charge in [-0.2, -0.15) is 0 Å². The molecule has 0 aliphatic carbocycles. The molecule has 3 N–H and O–H groups in total. The highest BCUT2D eigenvalue weighted by Crippen LogP contribution is 2.27. The lowest BCUT2D eigenvalue weighted by molar-refractivity contribution is 0.288. The minimum Gasteiger partial charge on any atom is -0.505 e. The van der Waals surface area contributed by atoms with Gasteiger partial charge in [0.2, 0.25) is 0 Å². The lowest BCUT2D eigenvalue weighted by Gasteiger charge is -2.09. The van der Waals surface area contributed by atoms with Gasteiger partial charge in [-0.3, -0.25) is 5.10 Å². The summed E-state index contributed by atoms with van der Waals surface area (Å²) in [5.74, 6) is 0.183. The first-order valence-corrected chi connectivity index (χ1v) is 8.25. The van der Waals surface area contributed by atoms with Crippen molar-refractivity contribution in [3.63, 3.8) is 0 Å². The Hall–Kier alpha value is -3.26. The standard InChI is InChI=1S/C16H17N3O2.C2H3N3/c1-11-9-12(5-4-8-20)10-15(16(11)21)19-17-13-6-2-3-7-14(13)18-19;1-2-4-5-3-1/h2-3,6-7,9-10,20-21H,4-5,8H2,1H3;1-2H,(H,3,4,5). The average molecular weight is 352 g/mol. The number of nitrogens with zero attached hydrogens (tertiary/aromatic N) is 5. The molecule has 0 spiro atoms. The highest BCUT2D eigenvalue weighted by molar-refractivity contribution is 5.73. The van der Waals surface area contributed by atoms with Gasteiger partial charge >= 0.3 is 0 Å². The summed E-state index contributed by atoms with van der Waals surface area (Å²) in [5, 5.41) is 37.3. The molecule has 0 unspecified atom stereocenters. The maximum absolute atomic E-state index is 10.3. The van der Waals surface area contributed by atoms with E-state index in [-0.39, 0.29) is 12.4 Å². The number of hydrogen-bond acceptors (Lipinski definition) is 6. The number of phenolic OH excluding ortho intramolecular Hbond substituents is 1. The summed E-state index contributed by atoms with van der Waals surface area (Å²) in [6.45, 7) is 2.00. The third kappa shape index (κ3) is 4.04. The predicted octanol–water partition coefficient (Wildman–Crippen LogP) is 2.16. The molecule has 8 nitrogen and oxygen atoms in total. The van der Waals surface area contributed by atoms with Crippen LogP contribution in [0.3, 0.4) is 0 Å². The average Bonchev–Trinajstić information content (AvgIpc) is 3.35. The lowest BCUT2D eigenvalue weighted by atomic mass is 10.0. The molecule has 0 bridgehead atoms. The smallest absolute Gasteiger partial charge is 0.146 e. The first kappa shape index (κ1) is 17.6. The molecular formula is C18H20N6O2. The molecule has 2 aromatic carbocycles. The second-order valence-electron chi connectivity index (χ2n) is 5.75. The van der Waals surface area contributed by atoms with Crippen molar-refractivity contribution in [2.24, 2.45) is 0 Å². The number of benzene rings is 2. The Morgan fingerprint density at radius 3 is 2.38 bits per heavy atom. The normalized spacial score (nSPS) is 10.5. The van der Waals surface area contributed by atoms with E-state index in [0.29, 0.717) is 12.1 Å². The molecule has 0 atom stereocenters. The van der Waals surface area contributed by atoms with Crippen LogP contribution in [-0.4, -0.2) is 47.2 Å². The zero-order valence-corrected chi connectivity index (χ0v) is 14.4. The number of aromatic amines is 1. The molecule has 134 valence electrons. The molecule has 2 heterocycles. The van der Waals surface area contributed by atoms with E-state index in [1.165, 1.54) is 4.80 Å². The Balaban J connectivity index is 0.000000339. The topological polar surface area (TPSA) is 113 Å². The van der Waals surface area contributed by atoms with Gasteiger partial charge in [0.05, 0.1) is 6.20 Å². The van der Waals surface area contributed by atoms with E-state index >= 15 is 0 Å². The van der Waals surface area contributed by atoms with Gasteiger partial charge in [-0.25, -0.2) is 0 Å². The summed E-state index contributed by atoms with van der Waals surface area (Å²) in [5.41, 5.74) is 3.97. The molecule has 8 heteroatoms. The Morgan fingerprint density at radius 1 is 1.12 bits per heavy atom. The molecule has 0 aliphatic rings. The van der Waals surface area contributed by atoms with Gasteiger partial charge in [0.25, 0.3) is 0 Å². The van der Waals surface area contributed by atoms with Crippen molar-refractivity contribution >= 4 is 11.0 Å². The third-order valence-electron chi connectivity index (χ3n) is 3.80. The Bertz CT molecular complexity index is 915. The van der Waals surface area contributed by atoms with E-state index in [1.54, 1.807) is 12.4 Å². The van der Waals surface area contributed by atoms with Crippen LogP contribution in [0, 0.1) is 6.92 Å². The lowest BCUT2D eigenvalue weighted by Crippen LogP contribution is -2.02. The Morgan fingerprint density at radius 2 is 1.85 bits per heavy atom. The van der Waals surface area contributed by atoms with Crippen LogP contribution in [-0.2, 0) is 6.42 Å². The number of H-pyrrole nitrogens is 1. The fraction of sp³-hybridized carbons (Fsp3) is 0.222. The van der Waals surface area contributed by atoms with Crippen molar-refractivity contribution in [2.75, 3.05) is 6.61 Å². The SMILES string of the molecule is Cc1cc(CCCO)cc(-n2nc3ccccc3n2)c1O.c1c[nH]nn1. The number of rotatable bonds is 4. The van der Waals surface area contributed by atoms with Crippen molar-refractivity contribution in [3.05, 3.63) is 59.9 Å². The molecule has 0 radical (unpaired) electrons. The monoisotopic (exact) mass is 352 g/mol. The zero-order chi connectivity index (χ0) is 18.4. The van der Waals surface area contributed by atoms with Gasteiger partial charge in [0.1, 0.15) is 22.5 Å². The number of nitrogens with one attached hydrogen (secondary N) is 1. The molecule has 4 rings (SSSR count). The highest BCUT2D eigenvalue weighted by Gasteiger charge is 2.12. The molecule has 0 amide bonds. The molecule has 2 aromatic heterocycles. The fourth-order valence-electron chi connectivity index (χ4n) is 2.55. The van der Waals surface area contributed by atoms with Crippen LogP contribution in [0.5, 0.6) is 5.75 Å². The number of phenols is 1. The van der Waals surface area contributed by atoms with Crippen LogP contribution in [0.4, 0.5) is 0 Å². The summed E-state index contributed by atoms with van der Waals surface area (Å²) in [4.78, 5) is 1.47. The molecule has 4 aromatic rings. The number of fused-ring (bicyclic) bond motifs is 1. The maximum Gasteiger partial charge on any atom is 0.146 e. The van der Waals surface area contributed by atoms with Crippen LogP contribution in [0.1, 0.15) is 17.5 Å². The van der Waals surface area contributed by atoms with Crippen molar-refractivity contribution in [1.82, 2.24) is 30.4 Å². The Labute approximate surface area is 150 Å². The van der Waals surface area contributed by atoms with Crippen LogP contribution >= 0.6 is 0 Å². The number of aromatic hydroxyl groups is 1. The summed E-state index contributed by atoms with van der Waals surface area (Å²) in [6.07, 6.45) is 4.68. The molecule has 0 fully saturated rings. The number of aliphatic hydroxyl groups excluding tert-OH is 1. The van der Waals surface area contributed by atoms with Gasteiger partial charge in [0.15, 0.2) is 0 Å². The fourth-order valence-corrected chi connectivity index (χ4v) is 2.55. The van der Waals surface area contributed by atoms with Crippen molar-refractivity contribution in [1.29, 1.82) is 0 Å². The van der Waals surface area contributed by atoms with Crippen molar-refractivity contribution in [3.8, 4) is 11.4 Å². The number of aryl methyl sites for hydroxylation is 2. The van der Waals surface area contributed by atoms with Gasteiger partial charge in [0, 0.05) is 12.8 Å². The van der Waals surface area contributed by atoms with Crippen molar-refractivity contribution < 1.29 is 10.2 Å². The number of hydrogen-bond donors (Lipinski definition) is 3. The second-order valence-corrected chi connectivity index (χ2v) is 5.75. The third-order valence-corrected chi connectivity index (χ3v) is 3.80. The Kier molecular flexibility index (Phi) is 5.55. The van der Waals surface area contributed by atoms with Crippen molar-refractivity contribution in [2.45, 2.75) is 19.8 Å². The minimum absolute atomic E-state index is 0.152. The first-order valence-electron chi connectivity index (χ1n) is 8.25. The van der Waals surface area contributed by atoms with E-state index in [2.05, 4.69) is 25.6 Å². The number of aromatic nitrogens is 6. The van der Waals surface area contributed by atoms with Gasteiger partial charge in [-0.05, 0) is 49.1 Å². The van der Waals surface area contributed by atoms with E-state index in [0.717, 1.165) is 28.6 Å². The van der Waals surface area contributed by atoms with Crippen LogP contribution in [0.15, 0.2) is 48.8 Å². The molecule has 0 saturated heterocycles. The largest absolute Gasteiger partial charge is 0.505 e. The quantitative estimate of drug-likeness (QED) is 0.519. The first-order chi connectivity index (χ1) is 12.7. The van der Waals surface area contributed by atoms with Gasteiger partial charge in [-0.15, -0.1) is 20.1 Å². The number of aliphatic hydroxyl groups is 1. The molecular weight excluding hydrogens is 332 g/mol. The summed E-state index contributed by atoms with van der Waals surface area (Å²) < 4.78 is 0. The summed E-state index contributed by atoms with van der Waals surface area (Å²) in [7, 11) is 0. The molecule has 0 aliphatic heterocycles. The second kappa shape index (κ2) is 8.21. The van der Waals surface area contributed by atoms with Crippen LogP contribution in [0.2, 0.25) is 0 Å². The predicted molar refractivity (Wildman–Crippen MR) is 97.1 cm³/mol. The highest BCUT2D eigenvalue weighted by atomic mass is 16.3. The summed E-state index contributed by atoms with van der Waals surface area (Å²) >= 11 is 0. The van der Waals surface area contributed by atoms with E-state index in [9.17, 15) is 5.11 Å². The van der Waals surface area contributed by atoms with E-state index < -0.39 is 0 Å². The molecule has 26 heavy (non-hydrogen) atoms.